The molecular weight excluding hydrogens is 370 g/mol. The van der Waals surface area contributed by atoms with Crippen molar-refractivity contribution >= 4 is 23.0 Å². The predicted molar refractivity (Wildman–Crippen MR) is 111 cm³/mol. The molecule has 2 aliphatic rings. The number of hydrogen-bond donors (Lipinski definition) is 1. The van der Waals surface area contributed by atoms with Crippen molar-refractivity contribution in [2.24, 2.45) is 5.10 Å². The SMILES string of the molecule is CCN1/C(=C/C=C2/C(=O)N(c3ccc(COO)cc3)N=C2C)Oc2ccccc21. The lowest BCUT2D eigenvalue weighted by Crippen LogP contribution is -2.21. The Morgan fingerprint density at radius 3 is 2.62 bits per heavy atom. The maximum Gasteiger partial charge on any atom is 0.280 e. The largest absolute Gasteiger partial charge is 0.439 e. The van der Waals surface area contributed by atoms with Crippen LogP contribution < -0.4 is 14.6 Å². The predicted octanol–water partition coefficient (Wildman–Crippen LogP) is 4.09. The van der Waals surface area contributed by atoms with Gasteiger partial charge < -0.3 is 9.64 Å². The second kappa shape index (κ2) is 7.90. The molecule has 148 valence electrons. The van der Waals surface area contributed by atoms with Crippen molar-refractivity contribution in [1.82, 2.24) is 0 Å². The Kier molecular flexibility index (Phi) is 5.16. The molecule has 2 aromatic rings. The van der Waals surface area contributed by atoms with Gasteiger partial charge in [-0.15, -0.1) is 0 Å². The number of hydrazone groups is 1. The summed E-state index contributed by atoms with van der Waals surface area (Å²) < 4.78 is 5.93. The third kappa shape index (κ3) is 3.53. The molecule has 0 unspecified atom stereocenters. The number of hydrogen-bond acceptors (Lipinski definition) is 6. The normalized spacial score (nSPS) is 18.4. The minimum atomic E-state index is -0.205. The Balaban J connectivity index is 1.57. The molecular formula is C22H21N3O4. The topological polar surface area (TPSA) is 74.6 Å². The van der Waals surface area contributed by atoms with Crippen LogP contribution in [0, 0.1) is 0 Å². The molecule has 0 bridgehead atoms. The molecule has 7 heteroatoms. The van der Waals surface area contributed by atoms with Crippen LogP contribution in [0.5, 0.6) is 5.75 Å². The Morgan fingerprint density at radius 2 is 1.90 bits per heavy atom. The van der Waals surface area contributed by atoms with Crippen LogP contribution in [-0.4, -0.2) is 23.4 Å². The average molecular weight is 391 g/mol. The van der Waals surface area contributed by atoms with Crippen LogP contribution in [0.1, 0.15) is 19.4 Å². The van der Waals surface area contributed by atoms with E-state index in [4.69, 9.17) is 9.99 Å². The highest BCUT2D eigenvalue weighted by molar-refractivity contribution is 6.29. The summed E-state index contributed by atoms with van der Waals surface area (Å²) in [5.74, 6) is 1.27. The van der Waals surface area contributed by atoms with Crippen LogP contribution in [0.2, 0.25) is 0 Å². The van der Waals surface area contributed by atoms with E-state index in [2.05, 4.69) is 14.9 Å². The number of anilines is 2. The van der Waals surface area contributed by atoms with E-state index in [0.717, 1.165) is 23.5 Å². The minimum absolute atomic E-state index is 0.0889. The van der Waals surface area contributed by atoms with Crippen LogP contribution in [0.15, 0.2) is 77.2 Å². The maximum absolute atomic E-state index is 12.9. The number of rotatable bonds is 5. The lowest BCUT2D eigenvalue weighted by atomic mass is 10.1. The Bertz CT molecular complexity index is 1020. The van der Waals surface area contributed by atoms with Crippen molar-refractivity contribution in [3.8, 4) is 5.75 Å². The van der Waals surface area contributed by atoms with Gasteiger partial charge in [-0.2, -0.15) is 10.1 Å². The van der Waals surface area contributed by atoms with Crippen LogP contribution >= 0.6 is 0 Å². The van der Waals surface area contributed by atoms with Crippen molar-refractivity contribution in [3.05, 3.63) is 77.7 Å². The second-order valence-corrected chi connectivity index (χ2v) is 6.64. The first kappa shape index (κ1) is 18.9. The number of carbonyl (C=O) groups excluding carboxylic acids is 1. The minimum Gasteiger partial charge on any atom is -0.439 e. The number of allylic oxidation sites excluding steroid dienone is 2. The molecule has 1 amide bonds. The van der Waals surface area contributed by atoms with Gasteiger partial charge in [0.05, 0.1) is 22.7 Å². The fourth-order valence-electron chi connectivity index (χ4n) is 3.35. The highest BCUT2D eigenvalue weighted by atomic mass is 17.1. The van der Waals surface area contributed by atoms with Gasteiger partial charge in [0.25, 0.3) is 5.91 Å². The van der Waals surface area contributed by atoms with Crippen molar-refractivity contribution in [2.75, 3.05) is 16.5 Å². The van der Waals surface area contributed by atoms with Crippen LogP contribution in [0.4, 0.5) is 11.4 Å². The molecule has 7 nitrogen and oxygen atoms in total. The summed E-state index contributed by atoms with van der Waals surface area (Å²) >= 11 is 0. The van der Waals surface area contributed by atoms with Crippen molar-refractivity contribution in [3.63, 3.8) is 0 Å². The highest BCUT2D eigenvalue weighted by Gasteiger charge is 2.29. The molecule has 4 rings (SSSR count). The second-order valence-electron chi connectivity index (χ2n) is 6.64. The van der Waals surface area contributed by atoms with Gasteiger partial charge in [0, 0.05) is 6.54 Å². The van der Waals surface area contributed by atoms with E-state index in [9.17, 15) is 4.79 Å². The monoisotopic (exact) mass is 391 g/mol. The summed E-state index contributed by atoms with van der Waals surface area (Å²) in [4.78, 5) is 19.1. The van der Waals surface area contributed by atoms with Crippen molar-refractivity contribution in [2.45, 2.75) is 20.5 Å². The zero-order chi connectivity index (χ0) is 20.4. The van der Waals surface area contributed by atoms with Gasteiger partial charge in [0.1, 0.15) is 6.61 Å². The van der Waals surface area contributed by atoms with Crippen molar-refractivity contribution < 1.29 is 19.7 Å². The summed E-state index contributed by atoms with van der Waals surface area (Å²) in [6, 6.07) is 14.9. The molecule has 0 spiro atoms. The average Bonchev–Trinajstić information content (AvgIpc) is 3.23. The lowest BCUT2D eigenvalue weighted by Gasteiger charge is -2.15. The van der Waals surface area contributed by atoms with Crippen LogP contribution in [-0.2, 0) is 16.3 Å². The molecule has 0 saturated carbocycles. The molecule has 2 heterocycles. The molecule has 0 fully saturated rings. The van der Waals surface area contributed by atoms with Gasteiger partial charge in [-0.25, -0.2) is 4.89 Å². The first-order chi connectivity index (χ1) is 14.1. The number of benzene rings is 2. The van der Waals surface area contributed by atoms with Gasteiger partial charge in [-0.1, -0.05) is 24.3 Å². The molecule has 0 atom stereocenters. The zero-order valence-corrected chi connectivity index (χ0v) is 16.2. The fraction of sp³-hybridized carbons (Fsp3) is 0.182. The smallest absolute Gasteiger partial charge is 0.280 e. The molecule has 0 saturated heterocycles. The molecule has 1 N–H and O–H groups in total. The molecule has 0 radical (unpaired) electrons. The van der Waals surface area contributed by atoms with E-state index in [1.807, 2.05) is 31.2 Å². The quantitative estimate of drug-likeness (QED) is 0.472. The van der Waals surface area contributed by atoms with Crippen molar-refractivity contribution in [1.29, 1.82) is 0 Å². The zero-order valence-electron chi connectivity index (χ0n) is 16.2. The Morgan fingerprint density at radius 1 is 1.14 bits per heavy atom. The lowest BCUT2D eigenvalue weighted by molar-refractivity contribution is -0.253. The van der Waals surface area contributed by atoms with Crippen LogP contribution in [0.3, 0.4) is 0 Å². The third-order valence-electron chi connectivity index (χ3n) is 4.82. The van der Waals surface area contributed by atoms with Gasteiger partial charge in [-0.3, -0.25) is 10.1 Å². The number of ether oxygens (including phenoxy) is 1. The van der Waals surface area contributed by atoms with Crippen LogP contribution in [0.25, 0.3) is 0 Å². The van der Waals surface area contributed by atoms with Gasteiger partial charge in [-0.05, 0) is 55.8 Å². The van der Waals surface area contributed by atoms with E-state index in [1.54, 1.807) is 43.3 Å². The molecule has 29 heavy (non-hydrogen) atoms. The summed E-state index contributed by atoms with van der Waals surface area (Å²) in [5.41, 5.74) is 3.59. The van der Waals surface area contributed by atoms with E-state index < -0.39 is 0 Å². The number of carbonyl (C=O) groups is 1. The Hall–Kier alpha value is -3.42. The number of fused-ring (bicyclic) bond motifs is 1. The van der Waals surface area contributed by atoms with Gasteiger partial charge in [0.15, 0.2) is 5.75 Å². The standard InChI is InChI=1S/C22H21N3O4/c1-3-24-19-6-4-5-7-20(19)29-21(24)13-12-18-15(2)23-25(22(18)26)17-10-8-16(9-11-17)14-28-27/h4-13,27H,3,14H2,1-2H3/b18-12+,21-13-. The third-order valence-corrected chi connectivity index (χ3v) is 4.82. The summed E-state index contributed by atoms with van der Waals surface area (Å²) in [5, 5.41) is 14.3. The fourth-order valence-corrected chi connectivity index (χ4v) is 3.35. The summed E-state index contributed by atoms with van der Waals surface area (Å²) in [6.45, 7) is 4.69. The first-order valence-corrected chi connectivity index (χ1v) is 9.34. The number of nitrogens with zero attached hydrogens (tertiary/aromatic N) is 3. The van der Waals surface area contributed by atoms with E-state index in [0.29, 0.717) is 22.9 Å². The summed E-state index contributed by atoms with van der Waals surface area (Å²) in [7, 11) is 0. The highest BCUT2D eigenvalue weighted by Crippen LogP contribution is 2.38. The molecule has 0 aliphatic carbocycles. The molecule has 0 aromatic heterocycles. The Labute approximate surface area is 168 Å². The number of amides is 1. The first-order valence-electron chi connectivity index (χ1n) is 9.34. The molecule has 2 aliphatic heterocycles. The molecule has 2 aromatic carbocycles. The van der Waals surface area contributed by atoms with Gasteiger partial charge >= 0.3 is 0 Å². The maximum atomic E-state index is 12.9. The van der Waals surface area contributed by atoms with E-state index in [1.165, 1.54) is 5.01 Å². The van der Waals surface area contributed by atoms with Gasteiger partial charge in [0.2, 0.25) is 5.88 Å². The summed E-state index contributed by atoms with van der Waals surface area (Å²) in [6.07, 6.45) is 3.56. The van der Waals surface area contributed by atoms with E-state index in [-0.39, 0.29) is 12.5 Å². The number of para-hydroxylation sites is 2. The van der Waals surface area contributed by atoms with E-state index >= 15 is 0 Å².